The van der Waals surface area contributed by atoms with Gasteiger partial charge in [0.25, 0.3) is 0 Å². The third-order valence-electron chi connectivity index (χ3n) is 3.66. The van der Waals surface area contributed by atoms with Crippen LogP contribution in [-0.4, -0.2) is 30.4 Å². The number of ether oxygens (including phenoxy) is 2. The van der Waals surface area contributed by atoms with Crippen LogP contribution in [0.25, 0.3) is 6.08 Å². The fourth-order valence-electron chi connectivity index (χ4n) is 2.36. The summed E-state index contributed by atoms with van der Waals surface area (Å²) in [4.78, 5) is 36.3. The number of rotatable bonds is 8. The van der Waals surface area contributed by atoms with Crippen LogP contribution in [0.15, 0.2) is 60.3 Å². The number of alkyl halides is 2. The molecule has 0 aromatic heterocycles. The number of halogens is 2. The van der Waals surface area contributed by atoms with Gasteiger partial charge < -0.3 is 14.8 Å². The van der Waals surface area contributed by atoms with Crippen LogP contribution in [0.3, 0.4) is 0 Å². The highest BCUT2D eigenvalue weighted by Crippen LogP contribution is 2.17. The second-order valence-electron chi connectivity index (χ2n) is 5.96. The Labute approximate surface area is 166 Å². The molecule has 0 saturated carbocycles. The number of ketones is 1. The molecule has 0 radical (unpaired) electrons. The summed E-state index contributed by atoms with van der Waals surface area (Å²) in [5.41, 5.74) is 0.686. The number of Topliss-reactive ketones (excluding diaryl/α,β-unsaturated/α-hetero) is 1. The van der Waals surface area contributed by atoms with Crippen molar-refractivity contribution in [2.75, 3.05) is 0 Å². The molecule has 1 atom stereocenters. The summed E-state index contributed by atoms with van der Waals surface area (Å²) in [7, 11) is 0. The van der Waals surface area contributed by atoms with Gasteiger partial charge in [-0.15, -0.1) is 0 Å². The lowest BCUT2D eigenvalue weighted by Gasteiger charge is -2.15. The van der Waals surface area contributed by atoms with E-state index >= 15 is 0 Å². The van der Waals surface area contributed by atoms with Crippen molar-refractivity contribution in [3.63, 3.8) is 0 Å². The molecular formula is C21H19F2NO5. The van der Waals surface area contributed by atoms with Gasteiger partial charge in [-0.2, -0.15) is 8.78 Å². The van der Waals surface area contributed by atoms with Crippen LogP contribution in [0.2, 0.25) is 0 Å². The van der Waals surface area contributed by atoms with Crippen molar-refractivity contribution in [2.24, 2.45) is 0 Å². The van der Waals surface area contributed by atoms with Gasteiger partial charge in [0.05, 0.1) is 0 Å². The van der Waals surface area contributed by atoms with Gasteiger partial charge in [0.1, 0.15) is 11.4 Å². The van der Waals surface area contributed by atoms with E-state index in [9.17, 15) is 23.2 Å². The average molecular weight is 403 g/mol. The van der Waals surface area contributed by atoms with E-state index in [2.05, 4.69) is 10.1 Å². The van der Waals surface area contributed by atoms with Crippen LogP contribution in [0, 0.1) is 0 Å². The zero-order valence-electron chi connectivity index (χ0n) is 15.7. The van der Waals surface area contributed by atoms with Crippen LogP contribution >= 0.6 is 0 Å². The maximum absolute atomic E-state index is 12.4. The molecule has 2 aromatic carbocycles. The van der Waals surface area contributed by atoms with Gasteiger partial charge in [0.15, 0.2) is 6.10 Å². The Morgan fingerprint density at radius 2 is 1.62 bits per heavy atom. The number of hydrogen-bond donors (Lipinski definition) is 1. The quantitative estimate of drug-likeness (QED) is 0.414. The Kier molecular flexibility index (Phi) is 7.59. The first kappa shape index (κ1) is 21.7. The minimum Gasteiger partial charge on any atom is -0.450 e. The van der Waals surface area contributed by atoms with E-state index in [1.807, 2.05) is 0 Å². The van der Waals surface area contributed by atoms with E-state index in [-0.39, 0.29) is 17.0 Å². The van der Waals surface area contributed by atoms with Gasteiger partial charge in [0, 0.05) is 12.5 Å². The van der Waals surface area contributed by atoms with Crippen molar-refractivity contribution >= 4 is 23.7 Å². The summed E-state index contributed by atoms with van der Waals surface area (Å²) >= 11 is 0. The number of hydrogen-bond acceptors (Lipinski definition) is 5. The van der Waals surface area contributed by atoms with E-state index in [4.69, 9.17) is 4.74 Å². The van der Waals surface area contributed by atoms with Crippen molar-refractivity contribution in [1.82, 2.24) is 5.32 Å². The zero-order chi connectivity index (χ0) is 21.4. The van der Waals surface area contributed by atoms with Crippen LogP contribution in [0.4, 0.5) is 8.78 Å². The molecular weight excluding hydrogens is 384 g/mol. The van der Waals surface area contributed by atoms with Gasteiger partial charge in [-0.1, -0.05) is 30.3 Å². The highest BCUT2D eigenvalue weighted by atomic mass is 19.3. The molecule has 0 spiro atoms. The van der Waals surface area contributed by atoms with Crippen molar-refractivity contribution in [3.8, 4) is 5.75 Å². The summed E-state index contributed by atoms with van der Waals surface area (Å²) in [5.74, 6) is -2.00. The van der Waals surface area contributed by atoms with Gasteiger partial charge in [-0.3, -0.25) is 9.59 Å². The van der Waals surface area contributed by atoms with Crippen molar-refractivity contribution in [1.29, 1.82) is 0 Å². The van der Waals surface area contributed by atoms with Crippen LogP contribution in [-0.2, 0) is 14.3 Å². The summed E-state index contributed by atoms with van der Waals surface area (Å²) in [6.45, 7) is -0.360. The summed E-state index contributed by atoms with van der Waals surface area (Å²) in [6.07, 6.45) is 0.259. The molecule has 0 aliphatic carbocycles. The van der Waals surface area contributed by atoms with Gasteiger partial charge >= 0.3 is 12.6 Å². The second kappa shape index (κ2) is 10.1. The first-order valence-corrected chi connectivity index (χ1v) is 8.60. The second-order valence-corrected chi connectivity index (χ2v) is 5.96. The monoisotopic (exact) mass is 403 g/mol. The number of carbonyl (C=O) groups is 3. The highest BCUT2D eigenvalue weighted by Gasteiger charge is 2.22. The largest absolute Gasteiger partial charge is 0.450 e. The molecule has 2 rings (SSSR count). The van der Waals surface area contributed by atoms with E-state index in [1.165, 1.54) is 44.2 Å². The Bertz CT molecular complexity index is 895. The van der Waals surface area contributed by atoms with Gasteiger partial charge in [0.2, 0.25) is 11.7 Å². The van der Waals surface area contributed by atoms with E-state index in [0.717, 1.165) is 0 Å². The summed E-state index contributed by atoms with van der Waals surface area (Å²) < 4.78 is 33.8. The van der Waals surface area contributed by atoms with Gasteiger partial charge in [-0.25, -0.2) is 4.79 Å². The number of amides is 1. The summed E-state index contributed by atoms with van der Waals surface area (Å²) in [5, 5.41) is 2.39. The Morgan fingerprint density at radius 1 is 1.00 bits per heavy atom. The molecule has 0 heterocycles. The number of benzene rings is 2. The Balaban J connectivity index is 2.10. The zero-order valence-corrected chi connectivity index (χ0v) is 15.7. The normalized spacial score (nSPS) is 12.2. The topological polar surface area (TPSA) is 81.7 Å². The van der Waals surface area contributed by atoms with Crippen LogP contribution in [0.5, 0.6) is 5.75 Å². The van der Waals surface area contributed by atoms with Gasteiger partial charge in [-0.05, 0) is 42.8 Å². The summed E-state index contributed by atoms with van der Waals surface area (Å²) in [6, 6.07) is 13.8. The minimum absolute atomic E-state index is 0.0973. The SMILES string of the molecule is CC(=O)N/C(=C\c1ccccc1)C(=O)O[C@@H](C)C(=O)c1ccc(OC(F)F)cc1. The Hall–Kier alpha value is -3.55. The Morgan fingerprint density at radius 3 is 2.17 bits per heavy atom. The maximum Gasteiger partial charge on any atom is 0.387 e. The van der Waals surface area contributed by atoms with Crippen LogP contribution in [0.1, 0.15) is 29.8 Å². The predicted octanol–water partition coefficient (Wildman–Crippen LogP) is 3.58. The molecule has 0 fully saturated rings. The van der Waals surface area contributed by atoms with Crippen molar-refractivity contribution < 1.29 is 32.6 Å². The molecule has 8 heteroatoms. The average Bonchev–Trinajstić information content (AvgIpc) is 2.67. The molecule has 1 N–H and O–H groups in total. The van der Waals surface area contributed by atoms with Crippen molar-refractivity contribution in [3.05, 3.63) is 71.4 Å². The highest BCUT2D eigenvalue weighted by molar-refractivity contribution is 6.03. The molecule has 0 saturated heterocycles. The fourth-order valence-corrected chi connectivity index (χ4v) is 2.36. The van der Waals surface area contributed by atoms with E-state index < -0.39 is 30.4 Å². The first-order valence-electron chi connectivity index (χ1n) is 8.60. The third-order valence-corrected chi connectivity index (χ3v) is 3.66. The minimum atomic E-state index is -2.97. The molecule has 6 nitrogen and oxygen atoms in total. The lowest BCUT2D eigenvalue weighted by Crippen LogP contribution is -2.31. The fraction of sp³-hybridized carbons (Fsp3) is 0.190. The first-order chi connectivity index (χ1) is 13.8. The van der Waals surface area contributed by atoms with Crippen molar-refractivity contribution in [2.45, 2.75) is 26.6 Å². The van der Waals surface area contributed by atoms with E-state index in [1.54, 1.807) is 30.3 Å². The number of nitrogens with one attached hydrogen (secondary N) is 1. The molecule has 2 aromatic rings. The smallest absolute Gasteiger partial charge is 0.387 e. The molecule has 0 bridgehead atoms. The lowest BCUT2D eigenvalue weighted by molar-refractivity contribution is -0.142. The number of esters is 1. The molecule has 1 amide bonds. The van der Waals surface area contributed by atoms with Crippen LogP contribution < -0.4 is 10.1 Å². The number of carbonyl (C=O) groups excluding carboxylic acids is 3. The standard InChI is InChI=1S/C21H19F2NO5/c1-13(19(26)16-8-10-17(11-9-16)29-21(22)23)28-20(27)18(24-14(2)25)12-15-6-4-3-5-7-15/h3-13,21H,1-2H3,(H,24,25)/b18-12-/t13-/m0/s1. The lowest BCUT2D eigenvalue weighted by atomic mass is 10.1. The molecule has 29 heavy (non-hydrogen) atoms. The van der Waals surface area contributed by atoms with E-state index in [0.29, 0.717) is 5.56 Å². The molecule has 0 unspecified atom stereocenters. The maximum atomic E-state index is 12.4. The molecule has 152 valence electrons. The third kappa shape index (κ3) is 6.84. The predicted molar refractivity (Wildman–Crippen MR) is 101 cm³/mol. The molecule has 0 aliphatic heterocycles. The molecule has 0 aliphatic rings.